The van der Waals surface area contributed by atoms with Crippen LogP contribution in [-0.4, -0.2) is 96.5 Å². The topological polar surface area (TPSA) is 155 Å². The highest BCUT2D eigenvalue weighted by atomic mass is 32.1. The molecule has 0 amide bonds. The van der Waals surface area contributed by atoms with Crippen molar-refractivity contribution in [3.63, 3.8) is 0 Å². The lowest BCUT2D eigenvalue weighted by molar-refractivity contribution is -0.248. The van der Waals surface area contributed by atoms with Crippen molar-refractivity contribution < 1.29 is 19.7 Å². The Labute approximate surface area is 350 Å². The van der Waals surface area contributed by atoms with E-state index in [-0.39, 0.29) is 34.1 Å². The molecule has 1 aliphatic heterocycles. The minimum atomic E-state index is -1.08. The molecule has 3 N–H and O–H groups in total. The molecular formula is C45H57N9O4S. The fourth-order valence-electron chi connectivity index (χ4n) is 12.3. The zero-order valence-corrected chi connectivity index (χ0v) is 36.1. The van der Waals surface area contributed by atoms with Crippen LogP contribution in [0, 0.1) is 37.0 Å². The van der Waals surface area contributed by atoms with Crippen LogP contribution in [0.25, 0.3) is 21.3 Å². The Kier molecular flexibility index (Phi) is 10.1. The molecular weight excluding hydrogens is 763 g/mol. The molecule has 0 spiro atoms. The average Bonchev–Trinajstić information content (AvgIpc) is 3.74. The number of carbonyl (C=O) groups is 1. The molecule has 4 aromatic heterocycles. The summed E-state index contributed by atoms with van der Waals surface area (Å²) in [7, 11) is 2.10. The molecule has 4 aliphatic carbocycles. The van der Waals surface area contributed by atoms with E-state index in [1.165, 1.54) is 12.0 Å². The first kappa shape index (κ1) is 39.9. The zero-order chi connectivity index (χ0) is 41.3. The first-order valence-corrected chi connectivity index (χ1v) is 22.0. The van der Waals surface area contributed by atoms with E-state index in [0.717, 1.165) is 109 Å². The number of pyridine rings is 1. The maximum Gasteiger partial charge on any atom is 0.355 e. The Morgan fingerprint density at radius 2 is 1.78 bits per heavy atom. The smallest absolute Gasteiger partial charge is 0.355 e. The largest absolute Gasteiger partial charge is 0.476 e. The molecule has 312 valence electrons. The van der Waals surface area contributed by atoms with Crippen LogP contribution in [0.2, 0.25) is 0 Å². The normalized spacial score (nSPS) is 25.9. The highest BCUT2D eigenvalue weighted by molar-refractivity contribution is 7.22. The number of anilines is 4. The van der Waals surface area contributed by atoms with Gasteiger partial charge in [-0.2, -0.15) is 5.10 Å². The number of aliphatic hydroxyl groups is 1. The second kappa shape index (κ2) is 14.9. The summed E-state index contributed by atoms with van der Waals surface area (Å²) in [6, 6.07) is 10.0. The Bertz CT molecular complexity index is 2410. The van der Waals surface area contributed by atoms with Gasteiger partial charge in [0.2, 0.25) is 0 Å². The van der Waals surface area contributed by atoms with E-state index in [0.29, 0.717) is 36.2 Å². The fraction of sp³-hybridized carbons (Fsp3) is 0.556. The lowest BCUT2D eigenvalue weighted by Gasteiger charge is -2.69. The maximum atomic E-state index is 13.0. The lowest BCUT2D eigenvalue weighted by Crippen LogP contribution is -2.64. The van der Waals surface area contributed by atoms with E-state index < -0.39 is 5.97 Å². The van der Waals surface area contributed by atoms with Gasteiger partial charge >= 0.3 is 5.97 Å². The van der Waals surface area contributed by atoms with E-state index in [4.69, 9.17) is 19.8 Å². The molecule has 5 heterocycles. The number of aryl methyl sites for hydroxylation is 1. The molecule has 59 heavy (non-hydrogen) atoms. The van der Waals surface area contributed by atoms with Crippen LogP contribution < -0.4 is 10.2 Å². The summed E-state index contributed by atoms with van der Waals surface area (Å²) < 4.78 is 10.2. The van der Waals surface area contributed by atoms with Gasteiger partial charge in [-0.3, -0.25) is 4.68 Å². The number of aromatic nitrogens is 6. The molecule has 1 aromatic carbocycles. The van der Waals surface area contributed by atoms with Gasteiger partial charge in [0.05, 0.1) is 28.6 Å². The highest BCUT2D eigenvalue weighted by Gasteiger charge is 2.66. The van der Waals surface area contributed by atoms with Crippen molar-refractivity contribution in [2.75, 3.05) is 50.1 Å². The lowest BCUT2D eigenvalue weighted by atomic mass is 9.39. The molecule has 13 nitrogen and oxygen atoms in total. The van der Waals surface area contributed by atoms with Gasteiger partial charge < -0.3 is 30.1 Å². The third-order valence-electron chi connectivity index (χ3n) is 13.6. The second-order valence-corrected chi connectivity index (χ2v) is 20.1. The number of aliphatic hydroxyl groups excluding tert-OH is 1. The van der Waals surface area contributed by atoms with E-state index >= 15 is 0 Å². The number of fused-ring (bicyclic) bond motifs is 2. The molecule has 4 saturated carbocycles. The zero-order valence-electron chi connectivity index (χ0n) is 35.3. The number of ether oxygens (including phenoxy) is 1. The van der Waals surface area contributed by atoms with E-state index in [2.05, 4.69) is 85.0 Å². The third-order valence-corrected chi connectivity index (χ3v) is 14.6. The Hall–Kier alpha value is -4.50. The highest BCUT2D eigenvalue weighted by Crippen LogP contribution is 2.72. The number of benzene rings is 1. The predicted molar refractivity (Wildman–Crippen MR) is 231 cm³/mol. The van der Waals surface area contributed by atoms with Crippen molar-refractivity contribution in [3.8, 4) is 11.1 Å². The summed E-state index contributed by atoms with van der Waals surface area (Å²) in [5, 5.41) is 38.3. The van der Waals surface area contributed by atoms with Gasteiger partial charge in [0.1, 0.15) is 5.82 Å². The van der Waals surface area contributed by atoms with Crippen LogP contribution in [-0.2, 0) is 17.7 Å². The molecule has 0 radical (unpaired) electrons. The Morgan fingerprint density at radius 1 is 0.983 bits per heavy atom. The Balaban J connectivity index is 0.957. The summed E-state index contributed by atoms with van der Waals surface area (Å²) >= 11 is 1.58. The monoisotopic (exact) mass is 819 g/mol. The van der Waals surface area contributed by atoms with Crippen LogP contribution in [0.1, 0.15) is 98.1 Å². The van der Waals surface area contributed by atoms with Gasteiger partial charge in [-0.25, -0.2) is 14.8 Å². The van der Waals surface area contributed by atoms with E-state index in [9.17, 15) is 15.0 Å². The van der Waals surface area contributed by atoms with Gasteiger partial charge in [0.25, 0.3) is 0 Å². The summed E-state index contributed by atoms with van der Waals surface area (Å²) in [5.74, 6) is 0.823. The van der Waals surface area contributed by atoms with Gasteiger partial charge in [-0.15, -0.1) is 10.2 Å². The number of nitrogens with zero attached hydrogens (tertiary/aromatic N) is 8. The molecule has 4 fully saturated rings. The minimum absolute atomic E-state index is 0.00236. The van der Waals surface area contributed by atoms with Crippen molar-refractivity contribution in [1.82, 2.24) is 34.8 Å². The number of hydrogen-bond donors (Lipinski definition) is 3. The standard InChI is InChI=1S/C45H57N9O4S/c1-28-10-12-35-34(19-28)47-41(59-35)49-38-29(2)31-9-7-15-53(39(31)51-50-38)36-13-11-32(37(48-36)40(56)57)33-20-46-54(30(33)3)27-44-22-42(4)21-43(5,23-44)25-45(24-42,26-44)58-18-16-52(6)14-8-17-55/h10-13,19-20,55H,7-9,14-18,21-27H2,1-6H3,(H,56,57)(H,47,49,50). The molecule has 5 aromatic rings. The number of hydrogen-bond acceptors (Lipinski definition) is 12. The Morgan fingerprint density at radius 3 is 2.54 bits per heavy atom. The summed E-state index contributed by atoms with van der Waals surface area (Å²) in [6.07, 6.45) is 11.0. The summed E-state index contributed by atoms with van der Waals surface area (Å²) in [5.41, 5.74) is 6.77. The van der Waals surface area contributed by atoms with Crippen LogP contribution >= 0.6 is 11.3 Å². The summed E-state index contributed by atoms with van der Waals surface area (Å²) in [4.78, 5) is 26.8. The second-order valence-electron chi connectivity index (χ2n) is 19.1. The van der Waals surface area contributed by atoms with Crippen molar-refractivity contribution in [2.45, 2.75) is 105 Å². The molecule has 2 unspecified atom stereocenters. The van der Waals surface area contributed by atoms with E-state index in [1.54, 1.807) is 11.3 Å². The number of aromatic carboxylic acids is 1. The SMILES string of the molecule is Cc1ccc2sc(Nc3nnc4c(c3C)CCCN4c3ccc(-c4cnn(CC56CC7(C)CC(C)(C5)CC(OCCN(C)CCCO)(C7)C6)c4C)c(C(=O)O)n3)nc2c1. The van der Waals surface area contributed by atoms with Crippen LogP contribution in [0.5, 0.6) is 0 Å². The predicted octanol–water partition coefficient (Wildman–Crippen LogP) is 8.25. The van der Waals surface area contributed by atoms with Gasteiger partial charge in [-0.1, -0.05) is 31.3 Å². The number of carboxylic acids is 1. The molecule has 5 aliphatic rings. The van der Waals surface area contributed by atoms with Crippen molar-refractivity contribution in [1.29, 1.82) is 0 Å². The molecule has 10 rings (SSSR count). The first-order valence-electron chi connectivity index (χ1n) is 21.2. The van der Waals surface area contributed by atoms with Gasteiger partial charge in [-0.05, 0) is 132 Å². The fourth-order valence-corrected chi connectivity index (χ4v) is 13.1. The number of thiazole rings is 1. The number of likely N-dealkylation sites (N-methyl/N-ethyl adjacent to an activating group) is 1. The number of carboxylic acid groups (broad SMARTS) is 1. The van der Waals surface area contributed by atoms with Gasteiger partial charge in [0, 0.05) is 60.7 Å². The summed E-state index contributed by atoms with van der Waals surface area (Å²) in [6.45, 7) is 15.1. The average molecular weight is 820 g/mol. The molecule has 14 heteroatoms. The molecule has 4 bridgehead atoms. The van der Waals surface area contributed by atoms with Crippen LogP contribution in [0.4, 0.5) is 22.6 Å². The molecule has 2 atom stereocenters. The van der Waals surface area contributed by atoms with Gasteiger partial charge in [0.15, 0.2) is 22.5 Å². The van der Waals surface area contributed by atoms with Crippen molar-refractivity contribution in [2.24, 2.45) is 16.2 Å². The third kappa shape index (κ3) is 7.51. The quantitative estimate of drug-likeness (QED) is 0.0989. The number of nitrogens with one attached hydrogen (secondary N) is 1. The van der Waals surface area contributed by atoms with Crippen molar-refractivity contribution in [3.05, 3.63) is 64.6 Å². The van der Waals surface area contributed by atoms with Crippen LogP contribution in [0.15, 0.2) is 36.5 Å². The first-order chi connectivity index (χ1) is 28.2. The van der Waals surface area contributed by atoms with E-state index in [1.807, 2.05) is 23.2 Å². The van der Waals surface area contributed by atoms with Crippen LogP contribution in [0.3, 0.4) is 0 Å². The minimum Gasteiger partial charge on any atom is -0.476 e. The number of rotatable bonds is 14. The maximum absolute atomic E-state index is 13.0. The van der Waals surface area contributed by atoms with Crippen molar-refractivity contribution >= 4 is 50.1 Å². The molecule has 0 saturated heterocycles.